The van der Waals surface area contributed by atoms with Gasteiger partial charge in [-0.15, -0.1) is 0 Å². The number of halogens is 6. The number of aromatic amines is 1. The molecule has 0 saturated heterocycles. The van der Waals surface area contributed by atoms with Crippen LogP contribution in [0.3, 0.4) is 0 Å². The topological polar surface area (TPSA) is 42.1 Å². The van der Waals surface area contributed by atoms with Gasteiger partial charge in [0.1, 0.15) is 0 Å². The van der Waals surface area contributed by atoms with Gasteiger partial charge < -0.3 is 9.72 Å². The second kappa shape index (κ2) is 6.81. The Balaban J connectivity index is 2.38. The van der Waals surface area contributed by atoms with E-state index in [9.17, 15) is 31.1 Å². The molecule has 0 fully saturated rings. The van der Waals surface area contributed by atoms with E-state index in [0.717, 1.165) is 0 Å². The lowest BCUT2D eigenvalue weighted by Gasteiger charge is -2.13. The maximum atomic E-state index is 12.9. The molecule has 0 unspecified atom stereocenters. The lowest BCUT2D eigenvalue weighted by molar-refractivity contribution is -0.143. The maximum absolute atomic E-state index is 12.9. The van der Waals surface area contributed by atoms with Gasteiger partial charge in [0.2, 0.25) is 0 Å². The minimum atomic E-state index is -4.90. The molecule has 0 saturated carbocycles. The molecule has 3 nitrogen and oxygen atoms in total. The summed E-state index contributed by atoms with van der Waals surface area (Å²) >= 11 is 0. The summed E-state index contributed by atoms with van der Waals surface area (Å²) in [6, 6.07) is 2.79. The molecular weight excluding hydrogens is 352 g/mol. The van der Waals surface area contributed by atoms with Gasteiger partial charge in [0.25, 0.3) is 0 Å². The smallest absolute Gasteiger partial charge is 0.416 e. The Morgan fingerprint density at radius 2 is 1.52 bits per heavy atom. The summed E-state index contributed by atoms with van der Waals surface area (Å²) in [6.07, 6.45) is -8.26. The highest BCUT2D eigenvalue weighted by molar-refractivity contribution is 5.70. The minimum Gasteiger partial charge on any atom is -0.469 e. The number of hydrogen-bond acceptors (Lipinski definition) is 2. The maximum Gasteiger partial charge on any atom is 0.416 e. The van der Waals surface area contributed by atoms with Gasteiger partial charge in [-0.05, 0) is 41.8 Å². The number of rotatable bonds is 4. The third-order valence-corrected chi connectivity index (χ3v) is 3.49. The number of methoxy groups -OCH3 is 1. The monoisotopic (exact) mass is 365 g/mol. The summed E-state index contributed by atoms with van der Waals surface area (Å²) in [5.74, 6) is -0.477. The van der Waals surface area contributed by atoms with Crippen LogP contribution in [0.1, 0.15) is 23.2 Å². The highest BCUT2D eigenvalue weighted by atomic mass is 19.4. The van der Waals surface area contributed by atoms with E-state index in [1.807, 2.05) is 0 Å². The quantitative estimate of drug-likeness (QED) is 0.623. The first-order valence-electron chi connectivity index (χ1n) is 7.04. The third-order valence-electron chi connectivity index (χ3n) is 3.49. The van der Waals surface area contributed by atoms with E-state index in [0.29, 0.717) is 17.8 Å². The van der Waals surface area contributed by atoms with Crippen molar-refractivity contribution in [3.63, 3.8) is 0 Å². The molecule has 2 aromatic rings. The molecule has 0 bridgehead atoms. The van der Waals surface area contributed by atoms with Crippen molar-refractivity contribution in [2.24, 2.45) is 0 Å². The van der Waals surface area contributed by atoms with Crippen molar-refractivity contribution in [1.29, 1.82) is 0 Å². The van der Waals surface area contributed by atoms with Crippen molar-refractivity contribution >= 4 is 5.97 Å². The van der Waals surface area contributed by atoms with Crippen molar-refractivity contribution < 1.29 is 35.9 Å². The average molecular weight is 365 g/mol. The fraction of sp³-hybridized carbons (Fsp3) is 0.312. The van der Waals surface area contributed by atoms with E-state index in [4.69, 9.17) is 0 Å². The fourth-order valence-corrected chi connectivity index (χ4v) is 2.21. The van der Waals surface area contributed by atoms with Gasteiger partial charge in [-0.3, -0.25) is 4.79 Å². The summed E-state index contributed by atoms with van der Waals surface area (Å²) in [5, 5.41) is 0. The molecule has 1 aromatic heterocycles. The largest absolute Gasteiger partial charge is 0.469 e. The average Bonchev–Trinajstić information content (AvgIpc) is 2.99. The van der Waals surface area contributed by atoms with E-state index in [2.05, 4.69) is 9.72 Å². The predicted octanol–water partition coefficient (Wildman–Crippen LogP) is 4.82. The van der Waals surface area contributed by atoms with Crippen molar-refractivity contribution in [2.75, 3.05) is 7.11 Å². The Kier molecular flexibility index (Phi) is 5.15. The number of carbonyl (C=O) groups excluding carboxylic acids is 1. The predicted molar refractivity (Wildman–Crippen MR) is 76.6 cm³/mol. The Morgan fingerprint density at radius 1 is 0.960 bits per heavy atom. The zero-order valence-electron chi connectivity index (χ0n) is 12.9. The van der Waals surface area contributed by atoms with Crippen LogP contribution < -0.4 is 0 Å². The molecule has 25 heavy (non-hydrogen) atoms. The Labute approximate surface area is 138 Å². The first kappa shape index (κ1) is 18.9. The van der Waals surface area contributed by atoms with Gasteiger partial charge in [-0.1, -0.05) is 0 Å². The van der Waals surface area contributed by atoms with Crippen molar-refractivity contribution in [3.8, 4) is 11.1 Å². The van der Waals surface area contributed by atoms with Gasteiger partial charge in [-0.2, -0.15) is 26.3 Å². The van der Waals surface area contributed by atoms with Gasteiger partial charge in [0.15, 0.2) is 0 Å². The number of alkyl halides is 6. The molecule has 0 spiro atoms. The third kappa shape index (κ3) is 4.77. The van der Waals surface area contributed by atoms with E-state index < -0.39 is 29.4 Å². The number of carbonyl (C=O) groups is 1. The number of aryl methyl sites for hydroxylation is 1. The van der Waals surface area contributed by atoms with Crippen LogP contribution in [0, 0.1) is 0 Å². The molecule has 2 rings (SSSR count). The number of benzene rings is 1. The van der Waals surface area contributed by atoms with Crippen LogP contribution in [-0.2, 0) is 28.3 Å². The van der Waals surface area contributed by atoms with Crippen LogP contribution in [0.5, 0.6) is 0 Å². The molecule has 0 atom stereocenters. The minimum absolute atomic E-state index is 0.0346. The molecule has 0 aliphatic rings. The van der Waals surface area contributed by atoms with Gasteiger partial charge in [0.05, 0.1) is 24.7 Å². The molecule has 136 valence electrons. The fourth-order valence-electron chi connectivity index (χ4n) is 2.21. The molecular formula is C16H13F6NO2. The van der Waals surface area contributed by atoms with Crippen molar-refractivity contribution in [3.05, 3.63) is 47.3 Å². The zero-order valence-corrected chi connectivity index (χ0v) is 12.9. The van der Waals surface area contributed by atoms with Crippen LogP contribution >= 0.6 is 0 Å². The van der Waals surface area contributed by atoms with Crippen LogP contribution in [0.15, 0.2) is 30.5 Å². The molecule has 9 heteroatoms. The summed E-state index contributed by atoms with van der Waals surface area (Å²) in [5.41, 5.74) is -2.32. The van der Waals surface area contributed by atoms with Gasteiger partial charge in [-0.25, -0.2) is 0 Å². The van der Waals surface area contributed by atoms with Crippen LogP contribution in [0.2, 0.25) is 0 Å². The zero-order chi connectivity index (χ0) is 18.8. The molecule has 0 aliphatic carbocycles. The summed E-state index contributed by atoms with van der Waals surface area (Å²) in [7, 11) is 1.21. The molecule has 1 aromatic carbocycles. The standard InChI is InChI=1S/C16H13F6NO2/c1-25-14(24)3-2-13-6-10(8-23-13)9-4-11(15(17,18)19)7-12(5-9)16(20,21)22/h4-8,23H,2-3H2,1H3. The van der Waals surface area contributed by atoms with Crippen LogP contribution in [-0.4, -0.2) is 18.1 Å². The Bertz CT molecular complexity index is 728. The number of nitrogens with one attached hydrogen (secondary N) is 1. The molecule has 1 N–H and O–H groups in total. The first-order valence-corrected chi connectivity index (χ1v) is 7.04. The second-order valence-corrected chi connectivity index (χ2v) is 5.28. The van der Waals surface area contributed by atoms with E-state index >= 15 is 0 Å². The first-order chi connectivity index (χ1) is 11.5. The Hall–Kier alpha value is -2.45. The van der Waals surface area contributed by atoms with Crippen LogP contribution in [0.4, 0.5) is 26.3 Å². The van der Waals surface area contributed by atoms with Gasteiger partial charge in [0, 0.05) is 11.9 Å². The number of aromatic nitrogens is 1. The highest BCUT2D eigenvalue weighted by Gasteiger charge is 2.37. The lowest BCUT2D eigenvalue weighted by Crippen LogP contribution is -2.11. The summed E-state index contributed by atoms with van der Waals surface area (Å²) < 4.78 is 81.7. The van der Waals surface area contributed by atoms with E-state index in [1.54, 1.807) is 0 Å². The summed E-state index contributed by atoms with van der Waals surface area (Å²) in [6.45, 7) is 0. The molecule has 0 radical (unpaired) electrons. The SMILES string of the molecule is COC(=O)CCc1cc(-c2cc(C(F)(F)F)cc(C(F)(F)F)c2)c[nH]1. The van der Waals surface area contributed by atoms with E-state index in [-0.39, 0.29) is 30.0 Å². The Morgan fingerprint density at radius 3 is 2.00 bits per heavy atom. The molecule has 0 aliphatic heterocycles. The molecule has 1 heterocycles. The van der Waals surface area contributed by atoms with Gasteiger partial charge >= 0.3 is 18.3 Å². The van der Waals surface area contributed by atoms with Crippen molar-refractivity contribution in [1.82, 2.24) is 4.98 Å². The number of hydrogen-bond donors (Lipinski definition) is 1. The summed E-state index contributed by atoms with van der Waals surface area (Å²) in [4.78, 5) is 13.8. The number of esters is 1. The highest BCUT2D eigenvalue weighted by Crippen LogP contribution is 2.38. The second-order valence-electron chi connectivity index (χ2n) is 5.28. The molecule has 0 amide bonds. The van der Waals surface area contributed by atoms with Crippen molar-refractivity contribution in [2.45, 2.75) is 25.2 Å². The van der Waals surface area contributed by atoms with Crippen LogP contribution in [0.25, 0.3) is 11.1 Å². The number of ether oxygens (including phenoxy) is 1. The van der Waals surface area contributed by atoms with E-state index in [1.165, 1.54) is 19.4 Å². The lowest BCUT2D eigenvalue weighted by atomic mass is 10.0. The normalized spacial score (nSPS) is 12.3. The number of H-pyrrole nitrogens is 1.